The molecule has 0 saturated heterocycles. The molecule has 3 aromatic rings. The number of methoxy groups -OCH3 is 2. The lowest BCUT2D eigenvalue weighted by atomic mass is 9.85. The number of unbranched alkanes of at least 4 members (excludes halogenated alkanes) is 2. The second-order valence-corrected chi connectivity index (χ2v) is 13.6. The Hall–Kier alpha value is -3.27. The third-order valence-electron chi connectivity index (χ3n) is 8.32. The average molecular weight is 651 g/mol. The van der Waals surface area contributed by atoms with E-state index in [1.165, 1.54) is 13.4 Å². The van der Waals surface area contributed by atoms with Gasteiger partial charge in [-0.1, -0.05) is 69.9 Å². The number of carbonyl (C=O) groups is 1. The first-order valence-corrected chi connectivity index (χ1v) is 17.9. The largest absolute Gasteiger partial charge is 0.497 e. The van der Waals surface area contributed by atoms with Crippen LogP contribution in [0.1, 0.15) is 64.9 Å². The van der Waals surface area contributed by atoms with E-state index in [0.29, 0.717) is 29.3 Å². The smallest absolute Gasteiger partial charge is 0.336 e. The van der Waals surface area contributed by atoms with Gasteiger partial charge in [0.1, 0.15) is 28.7 Å². The number of anilines is 2. The van der Waals surface area contributed by atoms with Crippen LogP contribution in [0.5, 0.6) is 11.5 Å². The van der Waals surface area contributed by atoms with E-state index in [0.717, 1.165) is 66.1 Å². The van der Waals surface area contributed by atoms with Gasteiger partial charge in [-0.15, -0.1) is 11.8 Å². The highest BCUT2D eigenvalue weighted by Gasteiger charge is 2.45. The van der Waals surface area contributed by atoms with Crippen molar-refractivity contribution in [3.05, 3.63) is 84.1 Å². The lowest BCUT2D eigenvalue weighted by Gasteiger charge is -2.44. The molecule has 9 heteroatoms. The average Bonchev–Trinajstić information content (AvgIpc) is 3.17. The van der Waals surface area contributed by atoms with Crippen LogP contribution in [0.2, 0.25) is 0 Å². The van der Waals surface area contributed by atoms with Gasteiger partial charge in [-0.2, -0.15) is 0 Å². The Morgan fingerprint density at radius 1 is 1.00 bits per heavy atom. The summed E-state index contributed by atoms with van der Waals surface area (Å²) in [5.41, 5.74) is 3.00. The molecule has 1 aliphatic rings. The Kier molecular flexibility index (Phi) is 12.6. The number of ether oxygens (including phenoxy) is 3. The number of carbonyl (C=O) groups excluding carboxylic acids is 1. The molecule has 4 rings (SSSR count). The van der Waals surface area contributed by atoms with Gasteiger partial charge < -0.3 is 19.1 Å². The molecule has 0 amide bonds. The molecule has 1 atom stereocenters. The van der Waals surface area contributed by atoms with Crippen molar-refractivity contribution >= 4 is 40.1 Å². The zero-order valence-corrected chi connectivity index (χ0v) is 29.0. The molecule has 3 aromatic carbocycles. The van der Waals surface area contributed by atoms with Crippen LogP contribution in [0, 0.1) is 0 Å². The molecule has 0 radical (unpaired) electrons. The summed E-state index contributed by atoms with van der Waals surface area (Å²) in [6, 6.07) is 22.4. The number of esters is 1. The zero-order chi connectivity index (χ0) is 32.4. The minimum atomic E-state index is -1.54. The van der Waals surface area contributed by atoms with Crippen molar-refractivity contribution in [1.82, 2.24) is 4.31 Å². The number of hydrogen-bond acceptors (Lipinski definition) is 7. The van der Waals surface area contributed by atoms with Crippen LogP contribution in [0.25, 0.3) is 0 Å². The summed E-state index contributed by atoms with van der Waals surface area (Å²) in [6.45, 7) is 7.30. The molecular weight excluding hydrogens is 605 g/mol. The van der Waals surface area contributed by atoms with E-state index in [2.05, 4.69) is 65.5 Å². The molecule has 0 spiro atoms. The SMILES string of the molecule is CCCCC1(CCCC)CN(c2ccccc2)c2cc(SC)c(O/C=C(\C)C(=O)OC)cc2S(=O)N1Cc1ccc(OC)cc1. The normalized spacial score (nSPS) is 16.5. The number of para-hydroxylation sites is 1. The maximum atomic E-state index is 15.2. The molecule has 0 bridgehead atoms. The quantitative estimate of drug-likeness (QED) is 0.0749. The third kappa shape index (κ3) is 8.12. The Labute approximate surface area is 275 Å². The van der Waals surface area contributed by atoms with Crippen LogP contribution in [0.3, 0.4) is 0 Å². The summed E-state index contributed by atoms with van der Waals surface area (Å²) in [5.74, 6) is 0.878. The van der Waals surface area contributed by atoms with Crippen LogP contribution < -0.4 is 14.4 Å². The maximum Gasteiger partial charge on any atom is 0.336 e. The molecule has 45 heavy (non-hydrogen) atoms. The number of thioether (sulfide) groups is 1. The molecular formula is C36H46N2O5S2. The summed E-state index contributed by atoms with van der Waals surface area (Å²) >= 11 is 1.55. The Morgan fingerprint density at radius 3 is 2.24 bits per heavy atom. The van der Waals surface area contributed by atoms with Crippen LogP contribution in [0.4, 0.5) is 11.4 Å². The molecule has 0 N–H and O–H groups in total. The molecule has 0 saturated carbocycles. The third-order valence-corrected chi connectivity index (χ3v) is 10.7. The lowest BCUT2D eigenvalue weighted by Crippen LogP contribution is -2.54. The van der Waals surface area contributed by atoms with E-state index in [4.69, 9.17) is 14.2 Å². The predicted octanol–water partition coefficient (Wildman–Crippen LogP) is 8.67. The highest BCUT2D eigenvalue weighted by molar-refractivity contribution is 7.98. The standard InChI is InChI=1S/C36H46N2O5S2/c1-7-9-20-36(21-10-8-2)26-37(29-14-12-11-13-15-29)31-22-33(44-6)32(43-25-27(3)35(39)42-5)23-34(31)45(40)38(36)24-28-16-18-30(41-4)19-17-28/h11-19,22-23,25H,7-10,20-21,24,26H2,1-6H3/b27-25+. The fourth-order valence-electron chi connectivity index (χ4n) is 5.75. The van der Waals surface area contributed by atoms with Gasteiger partial charge in [0, 0.05) is 24.8 Å². The van der Waals surface area contributed by atoms with Crippen molar-refractivity contribution < 1.29 is 23.2 Å². The van der Waals surface area contributed by atoms with Crippen LogP contribution in [-0.4, -0.2) is 47.0 Å². The molecule has 1 unspecified atom stereocenters. The Morgan fingerprint density at radius 2 is 1.67 bits per heavy atom. The maximum absolute atomic E-state index is 15.2. The van der Waals surface area contributed by atoms with Crippen LogP contribution in [0.15, 0.2) is 88.4 Å². The van der Waals surface area contributed by atoms with E-state index in [-0.39, 0.29) is 5.54 Å². The van der Waals surface area contributed by atoms with E-state index < -0.39 is 17.0 Å². The van der Waals surface area contributed by atoms with E-state index in [9.17, 15) is 4.79 Å². The lowest BCUT2D eigenvalue weighted by molar-refractivity contribution is -0.136. The molecule has 0 aromatic heterocycles. The van der Waals surface area contributed by atoms with Gasteiger partial charge in [0.05, 0.1) is 40.8 Å². The monoisotopic (exact) mass is 650 g/mol. The van der Waals surface area contributed by atoms with Gasteiger partial charge in [0.15, 0.2) is 0 Å². The minimum Gasteiger partial charge on any atom is -0.497 e. The molecule has 0 fully saturated rings. The fraction of sp³-hybridized carbons (Fsp3) is 0.417. The first kappa shape index (κ1) is 34.6. The number of fused-ring (bicyclic) bond motifs is 1. The molecule has 1 aliphatic heterocycles. The topological polar surface area (TPSA) is 68.3 Å². The van der Waals surface area contributed by atoms with Crippen molar-refractivity contribution in [3.63, 3.8) is 0 Å². The Balaban J connectivity index is 1.95. The molecule has 242 valence electrons. The van der Waals surface area contributed by atoms with Gasteiger partial charge in [-0.25, -0.2) is 13.3 Å². The molecule has 1 heterocycles. The van der Waals surface area contributed by atoms with Crippen molar-refractivity contribution in [3.8, 4) is 11.5 Å². The van der Waals surface area contributed by atoms with Crippen molar-refractivity contribution in [2.24, 2.45) is 0 Å². The summed E-state index contributed by atoms with van der Waals surface area (Å²) < 4.78 is 33.8. The number of hydrogen-bond donors (Lipinski definition) is 0. The van der Waals surface area contributed by atoms with Crippen molar-refractivity contribution in [1.29, 1.82) is 0 Å². The van der Waals surface area contributed by atoms with Crippen molar-refractivity contribution in [2.45, 2.75) is 81.2 Å². The van der Waals surface area contributed by atoms with Gasteiger partial charge >= 0.3 is 5.97 Å². The Bertz CT molecular complexity index is 1470. The molecule has 0 aliphatic carbocycles. The zero-order valence-electron chi connectivity index (χ0n) is 27.3. The van der Waals surface area contributed by atoms with Crippen LogP contribution >= 0.6 is 11.8 Å². The van der Waals surface area contributed by atoms with E-state index in [1.54, 1.807) is 25.8 Å². The number of benzene rings is 3. The second kappa shape index (κ2) is 16.3. The van der Waals surface area contributed by atoms with E-state index >= 15 is 4.21 Å². The number of nitrogens with zero attached hydrogens (tertiary/aromatic N) is 2. The minimum absolute atomic E-state index is 0.339. The molecule has 7 nitrogen and oxygen atoms in total. The summed E-state index contributed by atoms with van der Waals surface area (Å²) in [7, 11) is 1.48. The first-order valence-electron chi connectivity index (χ1n) is 15.6. The predicted molar refractivity (Wildman–Crippen MR) is 185 cm³/mol. The summed E-state index contributed by atoms with van der Waals surface area (Å²) in [6.07, 6.45) is 9.40. The van der Waals surface area contributed by atoms with Gasteiger partial charge in [-0.3, -0.25) is 0 Å². The van der Waals surface area contributed by atoms with Crippen LogP contribution in [-0.2, 0) is 27.1 Å². The van der Waals surface area contributed by atoms with Crippen molar-refractivity contribution in [2.75, 3.05) is 31.9 Å². The summed E-state index contributed by atoms with van der Waals surface area (Å²) in [5, 5.41) is 0. The second-order valence-electron chi connectivity index (χ2n) is 11.4. The summed E-state index contributed by atoms with van der Waals surface area (Å²) in [4.78, 5) is 16.0. The first-order chi connectivity index (χ1) is 21.8. The van der Waals surface area contributed by atoms with Gasteiger partial charge in [0.2, 0.25) is 0 Å². The highest BCUT2D eigenvalue weighted by atomic mass is 32.2. The highest BCUT2D eigenvalue weighted by Crippen LogP contribution is 2.47. The fourth-order valence-corrected chi connectivity index (χ4v) is 7.94. The van der Waals surface area contributed by atoms with E-state index in [1.807, 2.05) is 30.5 Å². The number of rotatable bonds is 14. The van der Waals surface area contributed by atoms with Gasteiger partial charge in [0.25, 0.3) is 0 Å². The van der Waals surface area contributed by atoms with Gasteiger partial charge in [-0.05, 0) is 61.9 Å².